The van der Waals surface area contributed by atoms with E-state index >= 15 is 0 Å². The highest BCUT2D eigenvalue weighted by atomic mass is 16.5. The third-order valence-corrected chi connectivity index (χ3v) is 4.13. The monoisotopic (exact) mass is 331 g/mol. The normalized spacial score (nSPS) is 10.8. The van der Waals surface area contributed by atoms with Crippen molar-refractivity contribution in [2.45, 2.75) is 0 Å². The van der Waals surface area contributed by atoms with Crippen molar-refractivity contribution in [2.24, 2.45) is 0 Å². The number of hydrogen-bond acceptors (Lipinski definition) is 4. The van der Waals surface area contributed by atoms with Gasteiger partial charge in [-0.15, -0.1) is 0 Å². The summed E-state index contributed by atoms with van der Waals surface area (Å²) < 4.78 is 16.9. The van der Waals surface area contributed by atoms with Gasteiger partial charge in [-0.3, -0.25) is 0 Å². The Kier molecular flexibility index (Phi) is 3.86. The largest absolute Gasteiger partial charge is 0.493 e. The molecule has 4 nitrogen and oxygen atoms in total. The molecule has 0 saturated carbocycles. The summed E-state index contributed by atoms with van der Waals surface area (Å²) in [5.41, 5.74) is 4.48. The van der Waals surface area contributed by atoms with Crippen molar-refractivity contribution in [3.05, 3.63) is 66.7 Å². The van der Waals surface area contributed by atoms with Gasteiger partial charge in [0.25, 0.3) is 0 Å². The third-order valence-electron chi connectivity index (χ3n) is 4.13. The molecule has 0 bridgehead atoms. The molecular formula is C21H17NO3. The average Bonchev–Trinajstić information content (AvgIpc) is 3.11. The fraction of sp³-hybridized carbons (Fsp3) is 0.0952. The van der Waals surface area contributed by atoms with Crippen LogP contribution in [0.5, 0.6) is 11.5 Å². The topological polar surface area (TPSA) is 44.5 Å². The maximum absolute atomic E-state index is 5.98. The summed E-state index contributed by atoms with van der Waals surface area (Å²) in [7, 11) is 3.25. The molecule has 0 amide bonds. The zero-order chi connectivity index (χ0) is 17.2. The van der Waals surface area contributed by atoms with Gasteiger partial charge in [-0.25, -0.2) is 4.98 Å². The minimum Gasteiger partial charge on any atom is -0.493 e. The first-order chi connectivity index (χ1) is 12.3. The maximum atomic E-state index is 5.98. The van der Waals surface area contributed by atoms with Crippen molar-refractivity contribution in [3.63, 3.8) is 0 Å². The number of hydrogen-bond donors (Lipinski definition) is 0. The van der Waals surface area contributed by atoms with Gasteiger partial charge in [0.05, 0.1) is 14.2 Å². The van der Waals surface area contributed by atoms with Crippen molar-refractivity contribution < 1.29 is 13.9 Å². The average molecular weight is 331 g/mol. The van der Waals surface area contributed by atoms with Crippen LogP contribution in [-0.2, 0) is 0 Å². The Hall–Kier alpha value is -3.27. The molecule has 0 unspecified atom stereocenters. The molecule has 25 heavy (non-hydrogen) atoms. The minimum atomic E-state index is 0.556. The van der Waals surface area contributed by atoms with Gasteiger partial charge in [0, 0.05) is 5.56 Å². The Morgan fingerprint density at radius 2 is 1.40 bits per heavy atom. The molecule has 124 valence electrons. The van der Waals surface area contributed by atoms with E-state index in [2.05, 4.69) is 4.98 Å². The van der Waals surface area contributed by atoms with Crippen LogP contribution >= 0.6 is 0 Å². The quantitative estimate of drug-likeness (QED) is 0.517. The maximum Gasteiger partial charge on any atom is 0.228 e. The fourth-order valence-corrected chi connectivity index (χ4v) is 2.90. The lowest BCUT2D eigenvalue weighted by Gasteiger charge is -2.13. The van der Waals surface area contributed by atoms with Gasteiger partial charge >= 0.3 is 0 Å². The molecule has 4 heteroatoms. The highest BCUT2D eigenvalue weighted by Crippen LogP contribution is 2.41. The van der Waals surface area contributed by atoms with E-state index in [4.69, 9.17) is 13.9 Å². The molecule has 1 aromatic heterocycles. The third kappa shape index (κ3) is 2.72. The van der Waals surface area contributed by atoms with Gasteiger partial charge in [0.2, 0.25) is 5.89 Å². The molecule has 0 N–H and O–H groups in total. The standard InChI is InChI=1S/C21H17NO3/c1-23-19-12-15(14-8-4-3-5-9-14)16(13-20(19)24-2)21-22-17-10-6-7-11-18(17)25-21/h3-13H,1-2H3. The van der Waals surface area contributed by atoms with Crippen LogP contribution in [0.2, 0.25) is 0 Å². The van der Waals surface area contributed by atoms with Gasteiger partial charge in [-0.1, -0.05) is 42.5 Å². The first kappa shape index (κ1) is 15.3. The number of methoxy groups -OCH3 is 2. The lowest BCUT2D eigenvalue weighted by Crippen LogP contribution is -1.94. The van der Waals surface area contributed by atoms with E-state index in [-0.39, 0.29) is 0 Å². The van der Waals surface area contributed by atoms with Gasteiger partial charge < -0.3 is 13.9 Å². The Balaban J connectivity index is 1.98. The van der Waals surface area contributed by atoms with E-state index in [0.29, 0.717) is 17.4 Å². The van der Waals surface area contributed by atoms with Crippen molar-refractivity contribution in [1.82, 2.24) is 4.98 Å². The summed E-state index contributed by atoms with van der Waals surface area (Å²) in [6.45, 7) is 0. The summed E-state index contributed by atoms with van der Waals surface area (Å²) in [6.07, 6.45) is 0. The van der Waals surface area contributed by atoms with Crippen LogP contribution in [0.25, 0.3) is 33.7 Å². The number of rotatable bonds is 4. The molecule has 4 rings (SSSR count). The smallest absolute Gasteiger partial charge is 0.228 e. The molecule has 0 saturated heterocycles. The Morgan fingerprint density at radius 3 is 2.08 bits per heavy atom. The SMILES string of the molecule is COc1cc(-c2ccccc2)c(-c2nc3ccccc3o2)cc1OC. The molecule has 0 radical (unpaired) electrons. The number of para-hydroxylation sites is 2. The predicted molar refractivity (Wildman–Crippen MR) is 98.0 cm³/mol. The van der Waals surface area contributed by atoms with Gasteiger partial charge in [0.1, 0.15) is 5.52 Å². The van der Waals surface area contributed by atoms with E-state index in [0.717, 1.165) is 27.8 Å². The molecule has 0 fully saturated rings. The molecule has 3 aromatic carbocycles. The first-order valence-electron chi connectivity index (χ1n) is 7.97. The van der Waals surface area contributed by atoms with Crippen LogP contribution in [-0.4, -0.2) is 19.2 Å². The van der Waals surface area contributed by atoms with Gasteiger partial charge in [-0.2, -0.15) is 0 Å². The zero-order valence-electron chi connectivity index (χ0n) is 14.0. The second-order valence-corrected chi connectivity index (χ2v) is 5.61. The van der Waals surface area contributed by atoms with Crippen LogP contribution in [0.4, 0.5) is 0 Å². The summed E-state index contributed by atoms with van der Waals surface area (Å²) in [6, 6.07) is 21.7. The second-order valence-electron chi connectivity index (χ2n) is 5.61. The molecule has 0 atom stereocenters. The number of oxazole rings is 1. The van der Waals surface area contributed by atoms with Crippen LogP contribution in [0, 0.1) is 0 Å². The van der Waals surface area contributed by atoms with Gasteiger partial charge in [-0.05, 0) is 35.4 Å². The van der Waals surface area contributed by atoms with Crippen LogP contribution in [0.3, 0.4) is 0 Å². The van der Waals surface area contributed by atoms with Crippen LogP contribution in [0.15, 0.2) is 71.1 Å². The Morgan fingerprint density at radius 1 is 0.760 bits per heavy atom. The Labute approximate surface area is 145 Å². The van der Waals surface area contributed by atoms with Gasteiger partial charge in [0.15, 0.2) is 17.1 Å². The Bertz CT molecular complexity index is 989. The minimum absolute atomic E-state index is 0.556. The molecular weight excluding hydrogens is 314 g/mol. The van der Waals surface area contributed by atoms with Crippen molar-refractivity contribution in [3.8, 4) is 34.1 Å². The van der Waals surface area contributed by atoms with E-state index < -0.39 is 0 Å². The first-order valence-corrected chi connectivity index (χ1v) is 7.97. The van der Waals surface area contributed by atoms with Crippen molar-refractivity contribution in [1.29, 1.82) is 0 Å². The van der Waals surface area contributed by atoms with Crippen molar-refractivity contribution in [2.75, 3.05) is 14.2 Å². The number of fused-ring (bicyclic) bond motifs is 1. The van der Waals surface area contributed by atoms with E-state index in [1.807, 2.05) is 66.7 Å². The van der Waals surface area contributed by atoms with Crippen molar-refractivity contribution >= 4 is 11.1 Å². The zero-order valence-corrected chi connectivity index (χ0v) is 14.0. The summed E-state index contributed by atoms with van der Waals surface area (Å²) in [5.74, 6) is 1.86. The van der Waals surface area contributed by atoms with E-state index in [1.165, 1.54) is 0 Å². The summed E-state index contributed by atoms with van der Waals surface area (Å²) in [5, 5.41) is 0. The second kappa shape index (κ2) is 6.32. The van der Waals surface area contributed by atoms with E-state index in [9.17, 15) is 0 Å². The highest BCUT2D eigenvalue weighted by molar-refractivity contribution is 5.85. The van der Waals surface area contributed by atoms with E-state index in [1.54, 1.807) is 14.2 Å². The van der Waals surface area contributed by atoms with Crippen LogP contribution in [0.1, 0.15) is 0 Å². The lowest BCUT2D eigenvalue weighted by atomic mass is 9.98. The molecule has 0 aliphatic rings. The highest BCUT2D eigenvalue weighted by Gasteiger charge is 2.18. The molecule has 0 aliphatic heterocycles. The lowest BCUT2D eigenvalue weighted by molar-refractivity contribution is 0.355. The number of ether oxygens (including phenoxy) is 2. The summed E-state index contributed by atoms with van der Waals surface area (Å²) >= 11 is 0. The molecule has 0 spiro atoms. The van der Waals surface area contributed by atoms with Crippen LogP contribution < -0.4 is 9.47 Å². The number of nitrogens with zero attached hydrogens (tertiary/aromatic N) is 1. The molecule has 1 heterocycles. The molecule has 0 aliphatic carbocycles. The fourth-order valence-electron chi connectivity index (χ4n) is 2.90. The number of benzene rings is 3. The number of aromatic nitrogens is 1. The summed E-state index contributed by atoms with van der Waals surface area (Å²) in [4.78, 5) is 4.64. The molecule has 4 aromatic rings. The predicted octanol–water partition coefficient (Wildman–Crippen LogP) is 5.18.